The molecule has 1 aromatic carbocycles. The van der Waals surface area contributed by atoms with E-state index < -0.39 is 17.7 Å². The number of carbonyl (C=O) groups excluding carboxylic acids is 1. The summed E-state index contributed by atoms with van der Waals surface area (Å²) in [5.41, 5.74) is -1.54. The number of alkyl halides is 3. The van der Waals surface area contributed by atoms with Gasteiger partial charge in [-0.05, 0) is 28.1 Å². The molecule has 0 fully saturated rings. The van der Waals surface area contributed by atoms with Crippen molar-refractivity contribution in [3.8, 4) is 5.75 Å². The SMILES string of the molecule is C=C(C(=O)Oc1ccccc1Br)C(F)(F)F. The molecule has 0 saturated carbocycles. The zero-order valence-corrected chi connectivity index (χ0v) is 9.43. The zero-order valence-electron chi connectivity index (χ0n) is 7.84. The van der Waals surface area contributed by atoms with Crippen LogP contribution in [-0.2, 0) is 4.79 Å². The van der Waals surface area contributed by atoms with Crippen molar-refractivity contribution >= 4 is 21.9 Å². The summed E-state index contributed by atoms with van der Waals surface area (Å²) in [6.07, 6.45) is -4.78. The molecule has 0 aliphatic carbocycles. The van der Waals surface area contributed by atoms with E-state index in [0.29, 0.717) is 4.47 Å². The lowest BCUT2D eigenvalue weighted by atomic mass is 10.3. The number of esters is 1. The van der Waals surface area contributed by atoms with E-state index in [0.717, 1.165) is 0 Å². The maximum atomic E-state index is 12.1. The molecule has 0 aliphatic rings. The zero-order chi connectivity index (χ0) is 12.3. The van der Waals surface area contributed by atoms with Gasteiger partial charge in [-0.15, -0.1) is 0 Å². The van der Waals surface area contributed by atoms with Crippen molar-refractivity contribution in [1.82, 2.24) is 0 Å². The fourth-order valence-corrected chi connectivity index (χ4v) is 1.17. The van der Waals surface area contributed by atoms with Crippen LogP contribution >= 0.6 is 15.9 Å². The Morgan fingerprint density at radius 2 is 1.88 bits per heavy atom. The third-order valence-electron chi connectivity index (χ3n) is 1.63. The van der Waals surface area contributed by atoms with E-state index in [1.807, 2.05) is 0 Å². The Balaban J connectivity index is 2.81. The predicted molar refractivity (Wildman–Crippen MR) is 55.0 cm³/mol. The number of carbonyl (C=O) groups is 1. The van der Waals surface area contributed by atoms with E-state index in [2.05, 4.69) is 27.2 Å². The second-order valence-electron chi connectivity index (χ2n) is 2.80. The van der Waals surface area contributed by atoms with Crippen molar-refractivity contribution in [2.24, 2.45) is 0 Å². The van der Waals surface area contributed by atoms with Crippen molar-refractivity contribution in [3.63, 3.8) is 0 Å². The third-order valence-corrected chi connectivity index (χ3v) is 2.28. The van der Waals surface area contributed by atoms with Crippen LogP contribution in [0.1, 0.15) is 0 Å². The molecule has 0 spiro atoms. The summed E-state index contributed by atoms with van der Waals surface area (Å²) in [6.45, 7) is 2.64. The van der Waals surface area contributed by atoms with Crippen molar-refractivity contribution in [3.05, 3.63) is 40.9 Å². The minimum Gasteiger partial charge on any atom is -0.422 e. The van der Waals surface area contributed by atoms with Gasteiger partial charge in [-0.25, -0.2) is 4.79 Å². The normalized spacial score (nSPS) is 11.0. The lowest BCUT2D eigenvalue weighted by Crippen LogP contribution is -2.23. The van der Waals surface area contributed by atoms with E-state index in [1.54, 1.807) is 12.1 Å². The van der Waals surface area contributed by atoms with Crippen LogP contribution in [0.5, 0.6) is 5.75 Å². The van der Waals surface area contributed by atoms with Gasteiger partial charge in [0.1, 0.15) is 11.3 Å². The summed E-state index contributed by atoms with van der Waals surface area (Å²) in [5, 5.41) is 0. The minimum absolute atomic E-state index is 0.0119. The first-order valence-electron chi connectivity index (χ1n) is 4.05. The Labute approximate surface area is 97.8 Å². The third kappa shape index (κ3) is 3.10. The Bertz CT molecular complexity index is 426. The molecule has 86 valence electrons. The fraction of sp³-hybridized carbons (Fsp3) is 0.100. The molecule has 0 heterocycles. The predicted octanol–water partition coefficient (Wildman–Crippen LogP) is 3.47. The quantitative estimate of drug-likeness (QED) is 0.474. The van der Waals surface area contributed by atoms with Gasteiger partial charge in [0.25, 0.3) is 0 Å². The molecule has 16 heavy (non-hydrogen) atoms. The first-order chi connectivity index (χ1) is 7.32. The average molecular weight is 295 g/mol. The number of benzene rings is 1. The largest absolute Gasteiger partial charge is 0.422 e. The highest BCUT2D eigenvalue weighted by Gasteiger charge is 2.38. The van der Waals surface area contributed by atoms with Crippen LogP contribution in [0.3, 0.4) is 0 Å². The maximum Gasteiger partial charge on any atom is 0.422 e. The number of rotatable bonds is 2. The average Bonchev–Trinajstić information content (AvgIpc) is 2.19. The monoisotopic (exact) mass is 294 g/mol. The molecule has 0 aliphatic heterocycles. The molecule has 0 radical (unpaired) electrons. The van der Waals surface area contributed by atoms with Crippen LogP contribution in [0.2, 0.25) is 0 Å². The molecule has 6 heteroatoms. The van der Waals surface area contributed by atoms with Gasteiger partial charge in [0, 0.05) is 0 Å². The molecule has 0 saturated heterocycles. The molecule has 1 aromatic rings. The number of para-hydroxylation sites is 1. The number of hydrogen-bond donors (Lipinski definition) is 0. The van der Waals surface area contributed by atoms with E-state index in [-0.39, 0.29) is 5.75 Å². The number of ether oxygens (including phenoxy) is 1. The summed E-state index contributed by atoms with van der Waals surface area (Å²) in [5.74, 6) is -1.50. The smallest absolute Gasteiger partial charge is 0.422 e. The maximum absolute atomic E-state index is 12.1. The Morgan fingerprint density at radius 3 is 2.38 bits per heavy atom. The van der Waals surface area contributed by atoms with Gasteiger partial charge in [0.15, 0.2) is 0 Å². The van der Waals surface area contributed by atoms with E-state index >= 15 is 0 Å². The summed E-state index contributed by atoms with van der Waals surface area (Å²) >= 11 is 3.04. The van der Waals surface area contributed by atoms with Gasteiger partial charge < -0.3 is 4.74 Å². The van der Waals surface area contributed by atoms with Crippen LogP contribution < -0.4 is 4.74 Å². The van der Waals surface area contributed by atoms with Crippen molar-refractivity contribution < 1.29 is 22.7 Å². The molecule has 0 bridgehead atoms. The molecular weight excluding hydrogens is 289 g/mol. The lowest BCUT2D eigenvalue weighted by Gasteiger charge is -2.10. The van der Waals surface area contributed by atoms with Crippen LogP contribution in [0.15, 0.2) is 40.9 Å². The van der Waals surface area contributed by atoms with Crippen LogP contribution in [0.4, 0.5) is 13.2 Å². The molecule has 0 N–H and O–H groups in total. The van der Waals surface area contributed by atoms with Crippen LogP contribution in [-0.4, -0.2) is 12.1 Å². The van der Waals surface area contributed by atoms with Gasteiger partial charge >= 0.3 is 12.1 Å². The van der Waals surface area contributed by atoms with Crippen molar-refractivity contribution in [2.75, 3.05) is 0 Å². The Kier molecular flexibility index (Phi) is 3.74. The Hall–Kier alpha value is -1.30. The Morgan fingerprint density at radius 1 is 1.31 bits per heavy atom. The highest BCUT2D eigenvalue weighted by atomic mass is 79.9. The van der Waals surface area contributed by atoms with E-state index in [9.17, 15) is 18.0 Å². The second-order valence-corrected chi connectivity index (χ2v) is 3.65. The van der Waals surface area contributed by atoms with E-state index in [1.165, 1.54) is 12.1 Å². The van der Waals surface area contributed by atoms with Gasteiger partial charge in [-0.3, -0.25) is 0 Å². The first-order valence-corrected chi connectivity index (χ1v) is 4.84. The highest BCUT2D eigenvalue weighted by molar-refractivity contribution is 9.10. The summed E-state index contributed by atoms with van der Waals surface area (Å²) in [4.78, 5) is 11.0. The first kappa shape index (κ1) is 12.8. The lowest BCUT2D eigenvalue weighted by molar-refractivity contribution is -0.142. The molecule has 0 amide bonds. The van der Waals surface area contributed by atoms with Crippen LogP contribution in [0, 0.1) is 0 Å². The van der Waals surface area contributed by atoms with Gasteiger partial charge in [-0.1, -0.05) is 18.7 Å². The topological polar surface area (TPSA) is 26.3 Å². The molecule has 0 unspecified atom stereocenters. The van der Waals surface area contributed by atoms with Crippen molar-refractivity contribution in [2.45, 2.75) is 6.18 Å². The highest BCUT2D eigenvalue weighted by Crippen LogP contribution is 2.28. The molecular formula is C10H6BrF3O2. The van der Waals surface area contributed by atoms with Gasteiger partial charge in [0.2, 0.25) is 0 Å². The summed E-state index contributed by atoms with van der Waals surface area (Å²) < 4.78 is 41.2. The molecule has 0 atom stereocenters. The molecule has 0 aromatic heterocycles. The van der Waals surface area contributed by atoms with E-state index in [4.69, 9.17) is 0 Å². The van der Waals surface area contributed by atoms with Gasteiger partial charge in [0.05, 0.1) is 4.47 Å². The number of halogens is 4. The van der Waals surface area contributed by atoms with Crippen LogP contribution in [0.25, 0.3) is 0 Å². The van der Waals surface area contributed by atoms with Gasteiger partial charge in [-0.2, -0.15) is 13.2 Å². The summed E-state index contributed by atoms with van der Waals surface area (Å²) in [7, 11) is 0. The number of hydrogen-bond acceptors (Lipinski definition) is 2. The minimum atomic E-state index is -4.78. The fourth-order valence-electron chi connectivity index (χ4n) is 0.805. The van der Waals surface area contributed by atoms with Crippen molar-refractivity contribution in [1.29, 1.82) is 0 Å². The molecule has 1 rings (SSSR count). The molecule has 2 nitrogen and oxygen atoms in total. The standard InChI is InChI=1S/C10H6BrF3O2/c1-6(10(12,13)14)9(15)16-8-5-3-2-4-7(8)11/h2-5H,1H2. The summed E-state index contributed by atoms with van der Waals surface area (Å²) in [6, 6.07) is 6.08. The second kappa shape index (κ2) is 4.69.